The molecule has 0 unspecified atom stereocenters. The van der Waals surface area contributed by atoms with Gasteiger partial charge in [-0.1, -0.05) is 123 Å². The van der Waals surface area contributed by atoms with Crippen molar-refractivity contribution in [3.8, 4) is 34.5 Å². The molecule has 0 aliphatic heterocycles. The van der Waals surface area contributed by atoms with E-state index in [0.717, 1.165) is 25.7 Å². The number of esters is 4. The van der Waals surface area contributed by atoms with E-state index in [-0.39, 0.29) is 34.1 Å². The van der Waals surface area contributed by atoms with Gasteiger partial charge < -0.3 is 28.4 Å². The van der Waals surface area contributed by atoms with Gasteiger partial charge in [-0.2, -0.15) is 0 Å². The van der Waals surface area contributed by atoms with E-state index in [9.17, 15) is 19.2 Å². The summed E-state index contributed by atoms with van der Waals surface area (Å²) in [6.07, 6.45) is 22.6. The summed E-state index contributed by atoms with van der Waals surface area (Å²) >= 11 is 0. The van der Waals surface area contributed by atoms with Crippen molar-refractivity contribution in [1.29, 1.82) is 0 Å². The van der Waals surface area contributed by atoms with Crippen LogP contribution in [-0.2, 0) is 0 Å². The molecule has 5 aromatic carbocycles. The lowest BCUT2D eigenvalue weighted by molar-refractivity contribution is 0.0712. The lowest BCUT2D eigenvalue weighted by Crippen LogP contribution is -2.13. The molecule has 0 atom stereocenters. The lowest BCUT2D eigenvalue weighted by atomic mass is 10.1. The molecule has 0 saturated heterocycles. The minimum absolute atomic E-state index is 0.138. The van der Waals surface area contributed by atoms with Gasteiger partial charge in [0.2, 0.25) is 0 Å². The van der Waals surface area contributed by atoms with Crippen LogP contribution >= 0.6 is 0 Å². The van der Waals surface area contributed by atoms with Crippen molar-refractivity contribution in [3.63, 3.8) is 0 Å². The summed E-state index contributed by atoms with van der Waals surface area (Å²) in [7, 11) is 0. The van der Waals surface area contributed by atoms with Crippen molar-refractivity contribution >= 4 is 23.9 Å². The quantitative estimate of drug-likeness (QED) is 0.0250. The zero-order valence-corrected chi connectivity index (χ0v) is 39.7. The maximum Gasteiger partial charge on any atom is 0.343 e. The van der Waals surface area contributed by atoms with Crippen LogP contribution in [0, 0.1) is 6.92 Å². The number of ether oxygens (including phenoxy) is 6. The smallest absolute Gasteiger partial charge is 0.343 e. The molecule has 0 saturated carbocycles. The second-order valence-corrected chi connectivity index (χ2v) is 16.9. The molecule has 0 fully saturated rings. The highest BCUT2D eigenvalue weighted by atomic mass is 16.6. The van der Waals surface area contributed by atoms with Crippen molar-refractivity contribution in [3.05, 3.63) is 143 Å². The van der Waals surface area contributed by atoms with E-state index >= 15 is 0 Å². The van der Waals surface area contributed by atoms with Gasteiger partial charge in [-0.25, -0.2) is 19.2 Å². The molecular weight excluding hydrogens is 845 g/mol. The Morgan fingerprint density at radius 3 is 0.985 bits per heavy atom. The van der Waals surface area contributed by atoms with Crippen LogP contribution in [0.3, 0.4) is 0 Å². The van der Waals surface area contributed by atoms with E-state index in [4.69, 9.17) is 28.4 Å². The van der Waals surface area contributed by atoms with Gasteiger partial charge in [-0.3, -0.25) is 0 Å². The molecule has 5 aromatic rings. The van der Waals surface area contributed by atoms with E-state index in [2.05, 4.69) is 13.8 Å². The Morgan fingerprint density at radius 1 is 0.328 bits per heavy atom. The Hall–Kier alpha value is -6.42. The second-order valence-electron chi connectivity index (χ2n) is 16.9. The Balaban J connectivity index is 1.00. The normalized spacial score (nSPS) is 10.9. The monoisotopic (exact) mass is 912 g/mol. The van der Waals surface area contributed by atoms with Gasteiger partial charge in [-0.15, -0.1) is 0 Å². The van der Waals surface area contributed by atoms with Crippen LogP contribution in [0.1, 0.15) is 176 Å². The van der Waals surface area contributed by atoms with Crippen LogP contribution in [0.2, 0.25) is 0 Å². The molecule has 0 heterocycles. The third-order valence-electron chi connectivity index (χ3n) is 11.4. The van der Waals surface area contributed by atoms with E-state index in [0.29, 0.717) is 41.4 Å². The molecule has 356 valence electrons. The molecule has 0 radical (unpaired) electrons. The molecule has 5 rings (SSSR count). The molecule has 0 bridgehead atoms. The Kier molecular flexibility index (Phi) is 22.5. The minimum atomic E-state index is -0.668. The first-order valence-corrected chi connectivity index (χ1v) is 24.4. The molecule has 10 heteroatoms. The van der Waals surface area contributed by atoms with Crippen LogP contribution < -0.4 is 28.4 Å². The number of benzene rings is 5. The summed E-state index contributed by atoms with van der Waals surface area (Å²) in [4.78, 5) is 51.9. The fourth-order valence-electron chi connectivity index (χ4n) is 7.36. The zero-order valence-electron chi connectivity index (χ0n) is 39.7. The third-order valence-corrected chi connectivity index (χ3v) is 11.4. The zero-order chi connectivity index (χ0) is 47.5. The minimum Gasteiger partial charge on any atom is -0.494 e. The van der Waals surface area contributed by atoms with E-state index in [1.54, 1.807) is 67.6 Å². The van der Waals surface area contributed by atoms with Crippen molar-refractivity contribution in [2.45, 2.75) is 136 Å². The van der Waals surface area contributed by atoms with Crippen molar-refractivity contribution in [1.82, 2.24) is 0 Å². The second kappa shape index (κ2) is 29.3. The van der Waals surface area contributed by atoms with Crippen LogP contribution in [0.4, 0.5) is 0 Å². The number of carbonyl (C=O) groups is 4. The molecule has 0 amide bonds. The van der Waals surface area contributed by atoms with Gasteiger partial charge in [0, 0.05) is 0 Å². The van der Waals surface area contributed by atoms with Gasteiger partial charge in [0.1, 0.15) is 34.5 Å². The number of unbranched alkanes of at least 4 members (excludes halogenated alkanes) is 16. The average Bonchev–Trinajstić information content (AvgIpc) is 3.34. The molecule has 0 aromatic heterocycles. The van der Waals surface area contributed by atoms with Crippen molar-refractivity contribution < 1.29 is 47.6 Å². The fraction of sp³-hybridized carbons (Fsp3) is 0.404. The summed E-state index contributed by atoms with van der Waals surface area (Å²) in [5.41, 5.74) is 1.76. The molecule has 0 N–H and O–H groups in total. The molecule has 0 spiro atoms. The highest BCUT2D eigenvalue weighted by Crippen LogP contribution is 2.25. The first kappa shape index (κ1) is 51.6. The predicted octanol–water partition coefficient (Wildman–Crippen LogP) is 14.7. The largest absolute Gasteiger partial charge is 0.494 e. The maximum absolute atomic E-state index is 13.2. The Morgan fingerprint density at radius 2 is 0.612 bits per heavy atom. The third kappa shape index (κ3) is 18.8. The SMILES string of the molecule is CCCCCCCCCCCCCCOc1ccc(C(=O)Oc2ccc(C(=O)Oc3ccc(C)c(C(=O)Oc4ccc(OC(=O)c5ccc(OCCCCCCCC)cc5)cc4)c3)cc2)cc1. The summed E-state index contributed by atoms with van der Waals surface area (Å²) in [6.45, 7) is 7.47. The van der Waals surface area contributed by atoms with Gasteiger partial charge in [0.25, 0.3) is 0 Å². The first-order chi connectivity index (χ1) is 32.7. The van der Waals surface area contributed by atoms with Gasteiger partial charge in [0.05, 0.1) is 35.5 Å². The highest BCUT2D eigenvalue weighted by Gasteiger charge is 2.17. The number of carbonyl (C=O) groups excluding carboxylic acids is 4. The van der Waals surface area contributed by atoms with Crippen molar-refractivity contribution in [2.75, 3.05) is 13.2 Å². The van der Waals surface area contributed by atoms with Crippen LogP contribution in [0.25, 0.3) is 0 Å². The summed E-state index contributed by atoms with van der Waals surface area (Å²) in [5, 5.41) is 0. The van der Waals surface area contributed by atoms with Crippen LogP contribution in [-0.4, -0.2) is 37.1 Å². The lowest BCUT2D eigenvalue weighted by Gasteiger charge is -2.11. The standard InChI is InChI=1S/C57H68O10/c1-4-6-8-10-12-13-14-15-16-17-19-21-41-63-48-30-23-44(24-31-48)54(58)64-49-34-27-46(28-35-49)56(60)67-52-29-22-43(3)53(42-52)57(61)66-51-38-36-50(37-39-51)65-55(59)45-25-32-47(33-26-45)62-40-20-18-11-9-7-5-2/h22-39,42H,4-21,40-41H2,1-3H3. The molecular formula is C57H68O10. The van der Waals surface area contributed by atoms with E-state index < -0.39 is 23.9 Å². The topological polar surface area (TPSA) is 124 Å². The van der Waals surface area contributed by atoms with Gasteiger partial charge >= 0.3 is 23.9 Å². The fourth-order valence-corrected chi connectivity index (χ4v) is 7.36. The summed E-state index contributed by atoms with van der Waals surface area (Å²) in [5.74, 6) is -0.0989. The first-order valence-electron chi connectivity index (χ1n) is 24.4. The predicted molar refractivity (Wildman–Crippen MR) is 262 cm³/mol. The number of aryl methyl sites for hydroxylation is 1. The number of hydrogen-bond acceptors (Lipinski definition) is 10. The average molecular weight is 913 g/mol. The van der Waals surface area contributed by atoms with Crippen LogP contribution in [0.15, 0.2) is 115 Å². The van der Waals surface area contributed by atoms with Crippen molar-refractivity contribution in [2.24, 2.45) is 0 Å². The van der Waals surface area contributed by atoms with E-state index in [1.807, 2.05) is 0 Å². The molecule has 67 heavy (non-hydrogen) atoms. The summed E-state index contributed by atoms with van der Waals surface area (Å²) in [6, 6.07) is 30.5. The number of hydrogen-bond donors (Lipinski definition) is 0. The van der Waals surface area contributed by atoms with Gasteiger partial charge in [-0.05, 0) is 135 Å². The molecule has 0 aliphatic rings. The summed E-state index contributed by atoms with van der Waals surface area (Å²) < 4.78 is 33.9. The van der Waals surface area contributed by atoms with Gasteiger partial charge in [0.15, 0.2) is 0 Å². The highest BCUT2D eigenvalue weighted by molar-refractivity contribution is 5.95. The molecule has 0 aliphatic carbocycles. The van der Waals surface area contributed by atoms with E-state index in [1.165, 1.54) is 144 Å². The maximum atomic E-state index is 13.2. The number of rotatable bonds is 30. The Bertz CT molecular complexity index is 2250. The molecule has 10 nitrogen and oxygen atoms in total. The van der Waals surface area contributed by atoms with Crippen LogP contribution in [0.5, 0.6) is 34.5 Å². The Labute approximate surface area is 397 Å².